The van der Waals surface area contributed by atoms with Gasteiger partial charge in [-0.2, -0.15) is 8.78 Å². The molecule has 0 amide bonds. The molecule has 1 aliphatic rings. The predicted octanol–water partition coefficient (Wildman–Crippen LogP) is 3.78. The molecule has 0 spiro atoms. The molecule has 0 aliphatic carbocycles. The molecule has 0 fully saturated rings. The number of ether oxygens (including phenoxy) is 5. The Labute approximate surface area is 202 Å². The normalized spacial score (nSPS) is 12.2. The van der Waals surface area contributed by atoms with Gasteiger partial charge in [0.05, 0.1) is 13.7 Å². The number of hydrogen-bond acceptors (Lipinski definition) is 6. The molecule has 0 aromatic heterocycles. The van der Waals surface area contributed by atoms with Crippen molar-refractivity contribution in [2.45, 2.75) is 19.6 Å². The Balaban J connectivity index is 0.00000363. The number of aliphatic imine (C=N–C) groups is 1. The third kappa shape index (κ3) is 7.46. The summed E-state index contributed by atoms with van der Waals surface area (Å²) >= 11 is 0. The molecule has 1 aliphatic heterocycles. The van der Waals surface area contributed by atoms with E-state index in [2.05, 4.69) is 20.4 Å². The first kappa shape index (κ1) is 25.6. The topological polar surface area (TPSA) is 82.6 Å². The van der Waals surface area contributed by atoms with Crippen LogP contribution >= 0.6 is 24.0 Å². The van der Waals surface area contributed by atoms with E-state index in [0.717, 1.165) is 17.9 Å². The zero-order chi connectivity index (χ0) is 22.1. The maximum absolute atomic E-state index is 12.7. The molecule has 0 unspecified atom stereocenters. The van der Waals surface area contributed by atoms with E-state index in [9.17, 15) is 8.78 Å². The number of rotatable bonds is 10. The highest BCUT2D eigenvalue weighted by molar-refractivity contribution is 14.0. The van der Waals surface area contributed by atoms with Gasteiger partial charge in [0.25, 0.3) is 0 Å². The van der Waals surface area contributed by atoms with Crippen molar-refractivity contribution < 1.29 is 32.5 Å². The highest BCUT2D eigenvalue weighted by Gasteiger charge is 2.20. The Kier molecular flexibility index (Phi) is 10.4. The average molecular weight is 565 g/mol. The molecule has 8 nitrogen and oxygen atoms in total. The minimum absolute atomic E-state index is 0. The van der Waals surface area contributed by atoms with Gasteiger partial charge < -0.3 is 34.3 Å². The monoisotopic (exact) mass is 565 g/mol. The van der Waals surface area contributed by atoms with Gasteiger partial charge in [0, 0.05) is 31.8 Å². The Morgan fingerprint density at radius 3 is 2.44 bits per heavy atom. The van der Waals surface area contributed by atoms with Gasteiger partial charge in [-0.25, -0.2) is 0 Å². The number of alkyl halides is 2. The maximum Gasteiger partial charge on any atom is 0.387 e. The lowest BCUT2D eigenvalue weighted by molar-refractivity contribution is -0.0505. The minimum Gasteiger partial charge on any atom is -0.497 e. The Morgan fingerprint density at radius 1 is 1.09 bits per heavy atom. The van der Waals surface area contributed by atoms with Crippen LogP contribution in [0.15, 0.2) is 41.4 Å². The van der Waals surface area contributed by atoms with Gasteiger partial charge in [0.2, 0.25) is 6.79 Å². The van der Waals surface area contributed by atoms with E-state index in [-0.39, 0.29) is 43.1 Å². The molecular weight excluding hydrogens is 539 g/mol. The Bertz CT molecular complexity index is 884. The molecule has 3 rings (SSSR count). The van der Waals surface area contributed by atoms with Crippen molar-refractivity contribution in [3.63, 3.8) is 0 Å². The number of guanidine groups is 1. The molecular formula is C21H26F2IN3O5. The second kappa shape index (κ2) is 13.0. The van der Waals surface area contributed by atoms with Gasteiger partial charge >= 0.3 is 6.61 Å². The Morgan fingerprint density at radius 2 is 1.78 bits per heavy atom. The van der Waals surface area contributed by atoms with Gasteiger partial charge in [-0.05, 0) is 36.8 Å². The molecule has 0 radical (unpaired) electrons. The van der Waals surface area contributed by atoms with Gasteiger partial charge in [0.15, 0.2) is 17.5 Å². The summed E-state index contributed by atoms with van der Waals surface area (Å²) < 4.78 is 51.4. The average Bonchev–Trinajstić information content (AvgIpc) is 3.22. The summed E-state index contributed by atoms with van der Waals surface area (Å²) in [6, 6.07) is 10.4. The van der Waals surface area contributed by atoms with Crippen molar-refractivity contribution >= 4 is 29.9 Å². The van der Waals surface area contributed by atoms with Crippen molar-refractivity contribution in [1.29, 1.82) is 0 Å². The molecule has 32 heavy (non-hydrogen) atoms. The fourth-order valence-corrected chi connectivity index (χ4v) is 2.85. The summed E-state index contributed by atoms with van der Waals surface area (Å²) in [5.74, 6) is 2.93. The molecule has 2 aromatic rings. The molecule has 0 atom stereocenters. The number of halogens is 3. The first-order valence-corrected chi connectivity index (χ1v) is 9.67. The zero-order valence-electron chi connectivity index (χ0n) is 17.7. The summed E-state index contributed by atoms with van der Waals surface area (Å²) in [6.07, 6.45) is 0.733. The van der Waals surface area contributed by atoms with Crippen LogP contribution < -0.4 is 34.3 Å². The third-order valence-electron chi connectivity index (χ3n) is 4.38. The Hall–Kier alpha value is -2.70. The van der Waals surface area contributed by atoms with Crippen molar-refractivity contribution in [3.8, 4) is 28.7 Å². The number of benzene rings is 2. The van der Waals surface area contributed by atoms with Gasteiger partial charge in [0.1, 0.15) is 17.2 Å². The molecule has 176 valence electrons. The second-order valence-corrected chi connectivity index (χ2v) is 6.42. The van der Waals surface area contributed by atoms with Crippen molar-refractivity contribution in [2.24, 2.45) is 4.99 Å². The lowest BCUT2D eigenvalue weighted by Gasteiger charge is -2.15. The summed E-state index contributed by atoms with van der Waals surface area (Å²) in [6.45, 7) is -1.56. The summed E-state index contributed by atoms with van der Waals surface area (Å²) in [4.78, 5) is 4.14. The quantitative estimate of drug-likeness (QED) is 0.197. The summed E-state index contributed by atoms with van der Waals surface area (Å²) in [5, 5.41) is 6.23. The highest BCUT2D eigenvalue weighted by Crippen LogP contribution is 2.38. The fraction of sp³-hybridized carbons (Fsp3) is 0.381. The van der Waals surface area contributed by atoms with E-state index in [1.54, 1.807) is 20.2 Å². The molecule has 0 saturated carbocycles. The first-order chi connectivity index (χ1) is 15.1. The summed E-state index contributed by atoms with van der Waals surface area (Å²) in [7, 11) is 3.24. The number of fused-ring (bicyclic) bond motifs is 1. The van der Waals surface area contributed by atoms with Crippen LogP contribution in [-0.4, -0.2) is 46.7 Å². The smallest absolute Gasteiger partial charge is 0.387 e. The second-order valence-electron chi connectivity index (χ2n) is 6.42. The standard InChI is InChI=1S/C21H25F2N3O5.HI/c1-24-21(25-8-3-9-28-16-6-4-15(27-2)5-7-16)26-12-14-10-18-19(30-13-29-18)11-17(14)31-20(22)23;/h4-7,10-11,20H,3,8-9,12-13H2,1-2H3,(H2,24,25,26);1H. The molecule has 0 saturated heterocycles. The lowest BCUT2D eigenvalue weighted by atomic mass is 10.1. The fourth-order valence-electron chi connectivity index (χ4n) is 2.85. The predicted molar refractivity (Wildman–Crippen MR) is 126 cm³/mol. The minimum atomic E-state index is -2.94. The van der Waals surface area contributed by atoms with Crippen LogP contribution in [0.25, 0.3) is 0 Å². The van der Waals surface area contributed by atoms with Crippen LogP contribution in [0.3, 0.4) is 0 Å². The lowest BCUT2D eigenvalue weighted by Crippen LogP contribution is -2.37. The van der Waals surface area contributed by atoms with Crippen LogP contribution in [0.2, 0.25) is 0 Å². The van der Waals surface area contributed by atoms with Crippen molar-refractivity contribution in [1.82, 2.24) is 10.6 Å². The van der Waals surface area contributed by atoms with E-state index in [4.69, 9.17) is 18.9 Å². The van der Waals surface area contributed by atoms with E-state index < -0.39 is 6.61 Å². The van der Waals surface area contributed by atoms with Crippen LogP contribution in [-0.2, 0) is 6.54 Å². The third-order valence-corrected chi connectivity index (χ3v) is 4.38. The van der Waals surface area contributed by atoms with Gasteiger partial charge in [-0.15, -0.1) is 24.0 Å². The number of nitrogens with one attached hydrogen (secondary N) is 2. The van der Waals surface area contributed by atoms with E-state index >= 15 is 0 Å². The van der Waals surface area contributed by atoms with Crippen molar-refractivity contribution in [2.75, 3.05) is 34.1 Å². The number of nitrogens with zero attached hydrogens (tertiary/aromatic N) is 1. The zero-order valence-corrected chi connectivity index (χ0v) is 20.1. The van der Waals surface area contributed by atoms with Crippen LogP contribution in [0.4, 0.5) is 8.78 Å². The molecule has 2 aromatic carbocycles. The number of methoxy groups -OCH3 is 1. The van der Waals surface area contributed by atoms with Crippen molar-refractivity contribution in [3.05, 3.63) is 42.0 Å². The molecule has 1 heterocycles. The van der Waals surface area contributed by atoms with Gasteiger partial charge in [-0.3, -0.25) is 4.99 Å². The largest absolute Gasteiger partial charge is 0.497 e. The SMILES string of the molecule is CN=C(NCCCOc1ccc(OC)cc1)NCc1cc2c(cc1OC(F)F)OCO2.I. The highest BCUT2D eigenvalue weighted by atomic mass is 127. The van der Waals surface area contributed by atoms with Crippen LogP contribution in [0, 0.1) is 0 Å². The van der Waals surface area contributed by atoms with Crippen LogP contribution in [0.5, 0.6) is 28.7 Å². The van der Waals surface area contributed by atoms with E-state index in [1.807, 2.05) is 24.3 Å². The summed E-state index contributed by atoms with van der Waals surface area (Å²) in [5.41, 5.74) is 0.496. The number of hydrogen-bond donors (Lipinski definition) is 2. The molecule has 11 heteroatoms. The first-order valence-electron chi connectivity index (χ1n) is 9.67. The van der Waals surface area contributed by atoms with E-state index in [1.165, 1.54) is 6.07 Å². The van der Waals surface area contributed by atoms with Crippen LogP contribution in [0.1, 0.15) is 12.0 Å². The van der Waals surface area contributed by atoms with Gasteiger partial charge in [-0.1, -0.05) is 0 Å². The molecule has 2 N–H and O–H groups in total. The maximum atomic E-state index is 12.7. The van der Waals surface area contributed by atoms with E-state index in [0.29, 0.717) is 36.2 Å². The molecule has 0 bridgehead atoms.